The molecule has 0 unspecified atom stereocenters. The zero-order valence-electron chi connectivity index (χ0n) is 11.2. The second-order valence-corrected chi connectivity index (χ2v) is 4.72. The topological polar surface area (TPSA) is 104 Å². The van der Waals surface area contributed by atoms with Gasteiger partial charge in [0, 0.05) is 5.02 Å². The Morgan fingerprint density at radius 1 is 1.36 bits per heavy atom. The fourth-order valence-electron chi connectivity index (χ4n) is 1.78. The number of ether oxygens (including phenoxy) is 1. The summed E-state index contributed by atoms with van der Waals surface area (Å²) in [6, 6.07) is 7.99. The fraction of sp³-hybridized carbons (Fsp3) is 0.0714. The number of halogens is 1. The van der Waals surface area contributed by atoms with E-state index in [1.54, 1.807) is 24.3 Å². The number of rotatable bonds is 5. The third-order valence-corrected chi connectivity index (χ3v) is 3.00. The molecule has 0 fully saturated rings. The van der Waals surface area contributed by atoms with Crippen LogP contribution in [-0.4, -0.2) is 16.0 Å². The highest BCUT2D eigenvalue weighted by atomic mass is 35.5. The van der Waals surface area contributed by atoms with Gasteiger partial charge in [-0.2, -0.15) is 4.98 Å². The van der Waals surface area contributed by atoms with Crippen LogP contribution in [0.25, 0.3) is 11.6 Å². The summed E-state index contributed by atoms with van der Waals surface area (Å²) >= 11 is 5.82. The van der Waals surface area contributed by atoms with Crippen molar-refractivity contribution >= 4 is 17.5 Å². The molecule has 0 atom stereocenters. The van der Waals surface area contributed by atoms with E-state index in [1.165, 1.54) is 12.3 Å². The molecule has 1 amide bonds. The van der Waals surface area contributed by atoms with Crippen molar-refractivity contribution < 1.29 is 18.5 Å². The first kappa shape index (κ1) is 14.2. The SMILES string of the molecule is NC(=O)c1cc(Cl)ccc1OCc1nc(-c2ccco2)no1. The van der Waals surface area contributed by atoms with Crippen LogP contribution in [0.3, 0.4) is 0 Å². The Hall–Kier alpha value is -2.80. The van der Waals surface area contributed by atoms with Gasteiger partial charge in [0.05, 0.1) is 11.8 Å². The molecule has 0 radical (unpaired) electrons. The third-order valence-electron chi connectivity index (χ3n) is 2.77. The quantitative estimate of drug-likeness (QED) is 0.775. The summed E-state index contributed by atoms with van der Waals surface area (Å²) in [5.41, 5.74) is 5.46. The summed E-state index contributed by atoms with van der Waals surface area (Å²) in [7, 11) is 0. The van der Waals surface area contributed by atoms with Crippen molar-refractivity contribution in [2.75, 3.05) is 0 Å². The minimum Gasteiger partial charge on any atom is -0.483 e. The summed E-state index contributed by atoms with van der Waals surface area (Å²) in [6.45, 7) is -0.0182. The number of aromatic nitrogens is 2. The van der Waals surface area contributed by atoms with Crippen molar-refractivity contribution in [1.29, 1.82) is 0 Å². The second kappa shape index (κ2) is 5.90. The highest BCUT2D eigenvalue weighted by Gasteiger charge is 2.14. The van der Waals surface area contributed by atoms with Crippen LogP contribution in [0.5, 0.6) is 5.75 Å². The van der Waals surface area contributed by atoms with Crippen molar-refractivity contribution in [3.05, 3.63) is 53.1 Å². The van der Waals surface area contributed by atoms with Crippen LogP contribution < -0.4 is 10.5 Å². The largest absolute Gasteiger partial charge is 0.483 e. The molecule has 8 heteroatoms. The average molecular weight is 320 g/mol. The minimum absolute atomic E-state index is 0.0182. The number of nitrogens with zero attached hydrogens (tertiary/aromatic N) is 2. The summed E-state index contributed by atoms with van der Waals surface area (Å²) in [6.07, 6.45) is 1.51. The van der Waals surface area contributed by atoms with Crippen LogP contribution >= 0.6 is 11.6 Å². The molecule has 2 aromatic heterocycles. The van der Waals surface area contributed by atoms with Crippen molar-refractivity contribution in [1.82, 2.24) is 10.1 Å². The Morgan fingerprint density at radius 2 is 2.23 bits per heavy atom. The molecule has 0 spiro atoms. The molecule has 2 N–H and O–H groups in total. The molecule has 2 heterocycles. The summed E-state index contributed by atoms with van der Waals surface area (Å²) in [5, 5.41) is 4.16. The molecular weight excluding hydrogens is 310 g/mol. The van der Waals surface area contributed by atoms with Crippen LogP contribution in [0.1, 0.15) is 16.2 Å². The fourth-order valence-corrected chi connectivity index (χ4v) is 1.95. The number of carbonyl (C=O) groups is 1. The van der Waals surface area contributed by atoms with Crippen molar-refractivity contribution in [3.63, 3.8) is 0 Å². The standard InChI is InChI=1S/C14H10ClN3O4/c15-8-3-4-10(9(6-8)13(16)19)21-7-12-17-14(18-22-12)11-2-1-5-20-11/h1-6H,7H2,(H2,16,19). The van der Waals surface area contributed by atoms with Gasteiger partial charge in [-0.25, -0.2) is 0 Å². The van der Waals surface area contributed by atoms with Crippen LogP contribution in [0, 0.1) is 0 Å². The van der Waals surface area contributed by atoms with Crippen LogP contribution in [-0.2, 0) is 6.61 Å². The highest BCUT2D eigenvalue weighted by molar-refractivity contribution is 6.31. The lowest BCUT2D eigenvalue weighted by Gasteiger charge is -2.07. The number of furan rings is 1. The minimum atomic E-state index is -0.640. The molecule has 22 heavy (non-hydrogen) atoms. The van der Waals surface area contributed by atoms with Gasteiger partial charge in [0.2, 0.25) is 5.82 Å². The molecule has 0 aliphatic rings. The first-order valence-electron chi connectivity index (χ1n) is 6.22. The molecule has 3 aromatic rings. The van der Waals surface area contributed by atoms with E-state index in [0.717, 1.165) is 0 Å². The van der Waals surface area contributed by atoms with Gasteiger partial charge < -0.3 is 19.4 Å². The Bertz CT molecular complexity index is 798. The van der Waals surface area contributed by atoms with E-state index >= 15 is 0 Å². The van der Waals surface area contributed by atoms with Gasteiger partial charge in [-0.3, -0.25) is 4.79 Å². The lowest BCUT2D eigenvalue weighted by Crippen LogP contribution is -2.13. The van der Waals surface area contributed by atoms with Gasteiger partial charge in [0.1, 0.15) is 5.75 Å². The highest BCUT2D eigenvalue weighted by Crippen LogP contribution is 2.23. The summed E-state index contributed by atoms with van der Waals surface area (Å²) in [4.78, 5) is 15.5. The lowest BCUT2D eigenvalue weighted by atomic mass is 10.2. The summed E-state index contributed by atoms with van der Waals surface area (Å²) < 4.78 is 15.7. The van der Waals surface area contributed by atoms with E-state index in [9.17, 15) is 4.79 Å². The molecule has 7 nitrogen and oxygen atoms in total. The van der Waals surface area contributed by atoms with E-state index in [2.05, 4.69) is 10.1 Å². The van der Waals surface area contributed by atoms with Crippen LogP contribution in [0.4, 0.5) is 0 Å². The Balaban J connectivity index is 1.74. The summed E-state index contributed by atoms with van der Waals surface area (Å²) in [5.74, 6) is 0.680. The maximum absolute atomic E-state index is 11.4. The molecule has 0 saturated carbocycles. The first-order chi connectivity index (χ1) is 10.6. The number of primary amides is 1. The molecule has 0 aliphatic heterocycles. The van der Waals surface area contributed by atoms with Gasteiger partial charge in [0.15, 0.2) is 12.4 Å². The van der Waals surface area contributed by atoms with E-state index in [1.807, 2.05) is 0 Å². The molecule has 3 rings (SSSR count). The predicted octanol–water partition coefficient (Wildman–Crippen LogP) is 2.66. The predicted molar refractivity (Wildman–Crippen MR) is 76.3 cm³/mol. The number of benzene rings is 1. The first-order valence-corrected chi connectivity index (χ1v) is 6.60. The number of hydrogen-bond donors (Lipinski definition) is 1. The second-order valence-electron chi connectivity index (χ2n) is 4.28. The zero-order valence-corrected chi connectivity index (χ0v) is 11.9. The maximum atomic E-state index is 11.4. The molecular formula is C14H10ClN3O4. The molecule has 0 bridgehead atoms. The number of carbonyl (C=O) groups excluding carboxylic acids is 1. The van der Waals surface area contributed by atoms with Crippen LogP contribution in [0.2, 0.25) is 5.02 Å². The van der Waals surface area contributed by atoms with Crippen molar-refractivity contribution in [3.8, 4) is 17.3 Å². The van der Waals surface area contributed by atoms with Gasteiger partial charge in [-0.15, -0.1) is 0 Å². The maximum Gasteiger partial charge on any atom is 0.264 e. The van der Waals surface area contributed by atoms with Crippen molar-refractivity contribution in [2.24, 2.45) is 5.73 Å². The van der Waals surface area contributed by atoms with Crippen molar-refractivity contribution in [2.45, 2.75) is 6.61 Å². The smallest absolute Gasteiger partial charge is 0.264 e. The van der Waals surface area contributed by atoms with E-state index < -0.39 is 5.91 Å². The average Bonchev–Trinajstić information content (AvgIpc) is 3.16. The molecule has 1 aromatic carbocycles. The van der Waals surface area contributed by atoms with Gasteiger partial charge in [-0.05, 0) is 30.3 Å². The van der Waals surface area contributed by atoms with Gasteiger partial charge >= 0.3 is 0 Å². The van der Waals surface area contributed by atoms with Gasteiger partial charge in [0.25, 0.3) is 11.8 Å². The normalized spacial score (nSPS) is 10.6. The molecule has 112 valence electrons. The Labute approximate surface area is 129 Å². The molecule has 0 aliphatic carbocycles. The Morgan fingerprint density at radius 3 is 2.95 bits per heavy atom. The van der Waals surface area contributed by atoms with E-state index in [-0.39, 0.29) is 23.8 Å². The Kier molecular flexibility index (Phi) is 3.80. The monoisotopic (exact) mass is 319 g/mol. The number of amides is 1. The van der Waals surface area contributed by atoms with Gasteiger partial charge in [-0.1, -0.05) is 16.8 Å². The number of nitrogens with two attached hydrogens (primary N) is 1. The molecule has 0 saturated heterocycles. The zero-order chi connectivity index (χ0) is 15.5. The van der Waals surface area contributed by atoms with E-state index in [0.29, 0.717) is 16.6 Å². The van der Waals surface area contributed by atoms with Crippen LogP contribution in [0.15, 0.2) is 45.5 Å². The number of hydrogen-bond acceptors (Lipinski definition) is 6. The third kappa shape index (κ3) is 2.94. The lowest BCUT2D eigenvalue weighted by molar-refractivity contribution is 0.0995. The van der Waals surface area contributed by atoms with E-state index in [4.69, 9.17) is 31.0 Å².